The lowest BCUT2D eigenvalue weighted by atomic mass is 10.1. The maximum absolute atomic E-state index is 10.3. The second-order valence-corrected chi connectivity index (χ2v) is 2.07. The lowest BCUT2D eigenvalue weighted by Gasteiger charge is -1.95. The van der Waals surface area contributed by atoms with Crippen molar-refractivity contribution in [1.29, 1.82) is 0 Å². The molecule has 0 amide bonds. The van der Waals surface area contributed by atoms with Crippen LogP contribution in [0, 0.1) is 0 Å². The van der Waals surface area contributed by atoms with Crippen LogP contribution in [0.5, 0.6) is 0 Å². The first-order valence-corrected chi connectivity index (χ1v) is 3.23. The highest BCUT2D eigenvalue weighted by atomic mass is 16.2. The SMILES string of the molecule is O=C/C(=C\O)c1ccccc1. The van der Waals surface area contributed by atoms with Crippen LogP contribution >= 0.6 is 0 Å². The van der Waals surface area contributed by atoms with Gasteiger partial charge in [0.05, 0.1) is 11.8 Å². The standard InChI is InChI=1S/C9H8O2/c10-6-9(7-11)8-4-2-1-3-5-8/h1-7,10H/b9-6+. The molecule has 56 valence electrons. The molecule has 2 nitrogen and oxygen atoms in total. The van der Waals surface area contributed by atoms with Gasteiger partial charge in [-0.1, -0.05) is 30.3 Å². The first-order chi connectivity index (χ1) is 5.38. The molecule has 0 bridgehead atoms. The van der Waals surface area contributed by atoms with Crippen LogP contribution in [0.4, 0.5) is 0 Å². The Bertz CT molecular complexity index is 262. The van der Waals surface area contributed by atoms with Crippen LogP contribution in [-0.2, 0) is 4.79 Å². The minimum absolute atomic E-state index is 0.297. The van der Waals surface area contributed by atoms with E-state index in [1.807, 2.05) is 18.2 Å². The molecule has 1 aromatic carbocycles. The smallest absolute Gasteiger partial charge is 0.153 e. The Balaban J connectivity index is 3.01. The third kappa shape index (κ3) is 1.67. The Morgan fingerprint density at radius 1 is 1.27 bits per heavy atom. The van der Waals surface area contributed by atoms with Crippen molar-refractivity contribution < 1.29 is 9.90 Å². The molecule has 1 aromatic rings. The van der Waals surface area contributed by atoms with Crippen LogP contribution < -0.4 is 0 Å². The first-order valence-electron chi connectivity index (χ1n) is 3.23. The summed E-state index contributed by atoms with van der Waals surface area (Å²) < 4.78 is 0. The molecule has 0 unspecified atom stereocenters. The highest BCUT2D eigenvalue weighted by Crippen LogP contribution is 2.09. The summed E-state index contributed by atoms with van der Waals surface area (Å²) in [4.78, 5) is 10.3. The predicted molar refractivity (Wildman–Crippen MR) is 43.1 cm³/mol. The molecule has 1 N–H and O–H groups in total. The quantitative estimate of drug-likeness (QED) is 0.394. The number of hydrogen-bond acceptors (Lipinski definition) is 2. The molecule has 0 saturated heterocycles. The first kappa shape index (κ1) is 7.54. The van der Waals surface area contributed by atoms with Crippen LogP contribution in [0.25, 0.3) is 5.57 Å². The Hall–Kier alpha value is -1.57. The van der Waals surface area contributed by atoms with Gasteiger partial charge >= 0.3 is 0 Å². The topological polar surface area (TPSA) is 37.3 Å². The fourth-order valence-corrected chi connectivity index (χ4v) is 0.804. The summed E-state index contributed by atoms with van der Waals surface area (Å²) in [5.74, 6) is 0. The number of aliphatic hydroxyl groups excluding tert-OH is 1. The summed E-state index contributed by atoms with van der Waals surface area (Å²) in [6, 6.07) is 8.99. The van der Waals surface area contributed by atoms with Gasteiger partial charge in [0.1, 0.15) is 0 Å². The molecule has 11 heavy (non-hydrogen) atoms. The number of rotatable bonds is 2. The second kappa shape index (κ2) is 3.56. The van der Waals surface area contributed by atoms with Gasteiger partial charge in [0.2, 0.25) is 0 Å². The van der Waals surface area contributed by atoms with Gasteiger partial charge in [-0.3, -0.25) is 4.79 Å². The van der Waals surface area contributed by atoms with E-state index < -0.39 is 0 Å². The zero-order chi connectivity index (χ0) is 8.10. The van der Waals surface area contributed by atoms with Crippen molar-refractivity contribution in [2.24, 2.45) is 0 Å². The average Bonchev–Trinajstić information content (AvgIpc) is 2.09. The molecule has 0 saturated carbocycles. The van der Waals surface area contributed by atoms with Crippen LogP contribution in [0.2, 0.25) is 0 Å². The van der Waals surface area contributed by atoms with E-state index in [1.54, 1.807) is 12.1 Å². The Labute approximate surface area is 64.8 Å². The maximum Gasteiger partial charge on any atom is 0.153 e. The van der Waals surface area contributed by atoms with E-state index in [4.69, 9.17) is 5.11 Å². The summed E-state index contributed by atoms with van der Waals surface area (Å²) in [5, 5.41) is 8.59. The molecule has 0 aliphatic carbocycles. The van der Waals surface area contributed by atoms with E-state index in [2.05, 4.69) is 0 Å². The fourth-order valence-electron chi connectivity index (χ4n) is 0.804. The van der Waals surface area contributed by atoms with Gasteiger partial charge in [0.15, 0.2) is 6.29 Å². The molecule has 2 heteroatoms. The van der Waals surface area contributed by atoms with Crippen molar-refractivity contribution in [2.45, 2.75) is 0 Å². The molecular formula is C9H8O2. The number of benzene rings is 1. The summed E-state index contributed by atoms with van der Waals surface area (Å²) >= 11 is 0. The summed E-state index contributed by atoms with van der Waals surface area (Å²) in [7, 11) is 0. The van der Waals surface area contributed by atoms with E-state index in [0.717, 1.165) is 11.8 Å². The molecule has 1 rings (SSSR count). The minimum atomic E-state index is 0.297. The van der Waals surface area contributed by atoms with Gasteiger partial charge in [-0.2, -0.15) is 0 Å². The van der Waals surface area contributed by atoms with Gasteiger partial charge in [-0.15, -0.1) is 0 Å². The molecule has 0 atom stereocenters. The molecular weight excluding hydrogens is 140 g/mol. The maximum atomic E-state index is 10.3. The minimum Gasteiger partial charge on any atom is -0.515 e. The van der Waals surface area contributed by atoms with Crippen LogP contribution in [0.15, 0.2) is 36.6 Å². The number of aliphatic hydroxyl groups is 1. The van der Waals surface area contributed by atoms with E-state index in [-0.39, 0.29) is 0 Å². The van der Waals surface area contributed by atoms with Crippen molar-refractivity contribution in [3.63, 3.8) is 0 Å². The predicted octanol–water partition coefficient (Wildman–Crippen LogP) is 1.78. The van der Waals surface area contributed by atoms with Crippen LogP contribution in [-0.4, -0.2) is 11.4 Å². The Morgan fingerprint density at radius 3 is 2.36 bits per heavy atom. The zero-order valence-corrected chi connectivity index (χ0v) is 5.90. The zero-order valence-electron chi connectivity index (χ0n) is 5.90. The van der Waals surface area contributed by atoms with Gasteiger partial charge in [0, 0.05) is 0 Å². The van der Waals surface area contributed by atoms with Crippen molar-refractivity contribution in [3.8, 4) is 0 Å². The van der Waals surface area contributed by atoms with Gasteiger partial charge in [-0.25, -0.2) is 0 Å². The largest absolute Gasteiger partial charge is 0.515 e. The Morgan fingerprint density at radius 2 is 1.91 bits per heavy atom. The number of aldehydes is 1. The lowest BCUT2D eigenvalue weighted by Crippen LogP contribution is -1.83. The number of hydrogen-bond donors (Lipinski definition) is 1. The average molecular weight is 148 g/mol. The van der Waals surface area contributed by atoms with Crippen LogP contribution in [0.1, 0.15) is 5.56 Å². The molecule has 0 aliphatic heterocycles. The van der Waals surface area contributed by atoms with Gasteiger partial charge < -0.3 is 5.11 Å². The third-order valence-corrected chi connectivity index (χ3v) is 1.37. The van der Waals surface area contributed by atoms with E-state index in [9.17, 15) is 4.79 Å². The summed E-state index contributed by atoms with van der Waals surface area (Å²) in [6.45, 7) is 0. The Kier molecular flexibility index (Phi) is 2.44. The number of allylic oxidation sites excluding steroid dienone is 1. The lowest BCUT2D eigenvalue weighted by molar-refractivity contribution is -0.103. The molecule has 0 heterocycles. The second-order valence-electron chi connectivity index (χ2n) is 2.07. The van der Waals surface area contributed by atoms with Crippen molar-refractivity contribution in [3.05, 3.63) is 42.2 Å². The van der Waals surface area contributed by atoms with Crippen molar-refractivity contribution >= 4 is 11.9 Å². The molecule has 0 spiro atoms. The molecule has 0 aliphatic rings. The van der Waals surface area contributed by atoms with Gasteiger partial charge in [0.25, 0.3) is 0 Å². The normalized spacial score (nSPS) is 11.1. The summed E-state index contributed by atoms with van der Waals surface area (Å²) in [5.41, 5.74) is 1.02. The van der Waals surface area contributed by atoms with Gasteiger partial charge in [-0.05, 0) is 5.56 Å². The highest BCUT2D eigenvalue weighted by Gasteiger charge is 1.96. The van der Waals surface area contributed by atoms with Crippen molar-refractivity contribution in [2.75, 3.05) is 0 Å². The molecule has 0 radical (unpaired) electrons. The van der Waals surface area contributed by atoms with E-state index >= 15 is 0 Å². The number of carbonyl (C=O) groups is 1. The summed E-state index contributed by atoms with van der Waals surface area (Å²) in [6.07, 6.45) is 1.43. The number of carbonyl (C=O) groups excluding carboxylic acids is 1. The van der Waals surface area contributed by atoms with E-state index in [1.165, 1.54) is 0 Å². The third-order valence-electron chi connectivity index (χ3n) is 1.37. The fraction of sp³-hybridized carbons (Fsp3) is 0. The molecule has 0 fully saturated rings. The molecule has 0 aromatic heterocycles. The highest BCUT2D eigenvalue weighted by molar-refractivity contribution is 6.06. The van der Waals surface area contributed by atoms with Crippen molar-refractivity contribution in [1.82, 2.24) is 0 Å². The van der Waals surface area contributed by atoms with Crippen LogP contribution in [0.3, 0.4) is 0 Å². The van der Waals surface area contributed by atoms with E-state index in [0.29, 0.717) is 11.9 Å². The monoisotopic (exact) mass is 148 g/mol.